The molecule has 15 heavy (non-hydrogen) atoms. The van der Waals surface area contributed by atoms with Crippen molar-refractivity contribution in [2.24, 2.45) is 0 Å². The Hall–Kier alpha value is -1.42. The molecule has 0 radical (unpaired) electrons. The molecule has 1 aromatic carbocycles. The van der Waals surface area contributed by atoms with Gasteiger partial charge in [-0.3, -0.25) is 10.1 Å². The zero-order valence-corrected chi connectivity index (χ0v) is 8.11. The van der Waals surface area contributed by atoms with E-state index >= 15 is 0 Å². The zero-order chi connectivity index (χ0) is 10.8. The lowest BCUT2D eigenvalue weighted by Gasteiger charge is -2.12. The number of benzene rings is 1. The second kappa shape index (κ2) is 3.98. The Bertz CT molecular complexity index is 381. The molecule has 1 saturated heterocycles. The van der Waals surface area contributed by atoms with Gasteiger partial charge >= 0.3 is 5.97 Å². The molecule has 0 amide bonds. The number of carboxylic acids is 1. The molecule has 80 valence electrons. The third-order valence-electron chi connectivity index (χ3n) is 2.73. The van der Waals surface area contributed by atoms with Crippen LogP contribution >= 0.6 is 0 Å². The van der Waals surface area contributed by atoms with Gasteiger partial charge in [0.15, 0.2) is 0 Å². The molecule has 2 N–H and O–H groups in total. The molecule has 0 bridgehead atoms. The first kappa shape index (κ1) is 10.1. The largest absolute Gasteiger partial charge is 0.480 e. The molecule has 0 aromatic heterocycles. The summed E-state index contributed by atoms with van der Waals surface area (Å²) in [5.41, 5.74) is 0.557. The Morgan fingerprint density at radius 2 is 2.13 bits per heavy atom. The van der Waals surface area contributed by atoms with Gasteiger partial charge in [0, 0.05) is 11.6 Å². The van der Waals surface area contributed by atoms with E-state index in [1.165, 1.54) is 6.07 Å². The average Bonchev–Trinajstić information content (AvgIpc) is 2.67. The van der Waals surface area contributed by atoms with Gasteiger partial charge in [-0.2, -0.15) is 0 Å². The molecule has 1 heterocycles. The lowest BCUT2D eigenvalue weighted by atomic mass is 10.0. The Kier molecular flexibility index (Phi) is 2.68. The molecule has 1 aliphatic rings. The van der Waals surface area contributed by atoms with Crippen LogP contribution < -0.4 is 5.32 Å². The first-order valence-electron chi connectivity index (χ1n) is 4.92. The number of hydrogen-bond acceptors (Lipinski definition) is 2. The van der Waals surface area contributed by atoms with Gasteiger partial charge in [-0.15, -0.1) is 0 Å². The fraction of sp³-hybridized carbons (Fsp3) is 0.364. The number of hydrogen-bond donors (Lipinski definition) is 2. The van der Waals surface area contributed by atoms with Crippen LogP contribution in [0.25, 0.3) is 0 Å². The van der Waals surface area contributed by atoms with Crippen molar-refractivity contribution in [3.63, 3.8) is 0 Å². The van der Waals surface area contributed by atoms with E-state index in [4.69, 9.17) is 5.11 Å². The fourth-order valence-corrected chi connectivity index (χ4v) is 1.94. The minimum atomic E-state index is -0.867. The van der Waals surface area contributed by atoms with E-state index in [1.54, 1.807) is 18.2 Å². The number of aliphatic carboxylic acids is 1. The van der Waals surface area contributed by atoms with Gasteiger partial charge in [0.2, 0.25) is 0 Å². The number of rotatable bonds is 2. The first-order chi connectivity index (χ1) is 7.18. The van der Waals surface area contributed by atoms with Crippen molar-refractivity contribution in [3.8, 4) is 0 Å². The molecule has 2 atom stereocenters. The lowest BCUT2D eigenvalue weighted by molar-refractivity contribution is -0.139. The van der Waals surface area contributed by atoms with Crippen LogP contribution in [0, 0.1) is 5.82 Å². The van der Waals surface area contributed by atoms with E-state index in [1.807, 2.05) is 0 Å². The van der Waals surface area contributed by atoms with Crippen LogP contribution in [0.15, 0.2) is 24.3 Å². The maximum atomic E-state index is 13.4. The normalized spacial score (nSPS) is 25.4. The van der Waals surface area contributed by atoms with Crippen molar-refractivity contribution in [3.05, 3.63) is 35.6 Å². The summed E-state index contributed by atoms with van der Waals surface area (Å²) in [6.45, 7) is 0. The van der Waals surface area contributed by atoms with Gasteiger partial charge in [-0.25, -0.2) is 4.39 Å². The lowest BCUT2D eigenvalue weighted by Crippen LogP contribution is -2.32. The van der Waals surface area contributed by atoms with E-state index in [0.29, 0.717) is 18.4 Å². The predicted molar refractivity (Wildman–Crippen MR) is 52.9 cm³/mol. The van der Waals surface area contributed by atoms with Gasteiger partial charge in [-0.05, 0) is 18.9 Å². The topological polar surface area (TPSA) is 49.3 Å². The molecular weight excluding hydrogens is 197 g/mol. The van der Waals surface area contributed by atoms with Crippen LogP contribution in [0.3, 0.4) is 0 Å². The fourth-order valence-electron chi connectivity index (χ4n) is 1.94. The van der Waals surface area contributed by atoms with E-state index in [2.05, 4.69) is 5.32 Å². The molecule has 1 fully saturated rings. The van der Waals surface area contributed by atoms with Crippen molar-refractivity contribution in [1.29, 1.82) is 0 Å². The van der Waals surface area contributed by atoms with Crippen molar-refractivity contribution in [1.82, 2.24) is 5.32 Å². The van der Waals surface area contributed by atoms with Crippen LogP contribution in [-0.2, 0) is 4.79 Å². The third kappa shape index (κ3) is 1.99. The van der Waals surface area contributed by atoms with Crippen LogP contribution in [0.5, 0.6) is 0 Å². The van der Waals surface area contributed by atoms with E-state index in [9.17, 15) is 9.18 Å². The van der Waals surface area contributed by atoms with E-state index in [0.717, 1.165) is 0 Å². The first-order valence-corrected chi connectivity index (χ1v) is 4.92. The van der Waals surface area contributed by atoms with Crippen LogP contribution in [-0.4, -0.2) is 17.1 Å². The predicted octanol–water partition coefficient (Wildman–Crippen LogP) is 1.70. The molecule has 1 aliphatic heterocycles. The van der Waals surface area contributed by atoms with Gasteiger partial charge in [0.1, 0.15) is 11.9 Å². The molecule has 1 aromatic rings. The Morgan fingerprint density at radius 1 is 1.40 bits per heavy atom. The number of carboxylic acid groups (broad SMARTS) is 1. The van der Waals surface area contributed by atoms with Gasteiger partial charge in [0.05, 0.1) is 0 Å². The number of halogens is 1. The molecule has 2 unspecified atom stereocenters. The summed E-state index contributed by atoms with van der Waals surface area (Å²) in [5, 5.41) is 11.7. The summed E-state index contributed by atoms with van der Waals surface area (Å²) >= 11 is 0. The summed E-state index contributed by atoms with van der Waals surface area (Å²) < 4.78 is 13.4. The Balaban J connectivity index is 2.14. The van der Waals surface area contributed by atoms with E-state index < -0.39 is 12.0 Å². The van der Waals surface area contributed by atoms with Crippen molar-refractivity contribution in [2.75, 3.05) is 0 Å². The monoisotopic (exact) mass is 209 g/mol. The molecule has 4 heteroatoms. The minimum absolute atomic E-state index is 0.174. The molecule has 0 saturated carbocycles. The second-order valence-electron chi connectivity index (χ2n) is 3.71. The maximum absolute atomic E-state index is 13.4. The molecule has 3 nitrogen and oxygen atoms in total. The van der Waals surface area contributed by atoms with E-state index in [-0.39, 0.29) is 11.9 Å². The van der Waals surface area contributed by atoms with Gasteiger partial charge in [-0.1, -0.05) is 18.2 Å². The van der Waals surface area contributed by atoms with Crippen LogP contribution in [0.2, 0.25) is 0 Å². The Labute approximate surface area is 86.9 Å². The SMILES string of the molecule is O=C(O)C1CCC(c2ccccc2F)N1. The highest BCUT2D eigenvalue weighted by Crippen LogP contribution is 2.28. The van der Waals surface area contributed by atoms with Crippen molar-refractivity contribution in [2.45, 2.75) is 24.9 Å². The third-order valence-corrected chi connectivity index (χ3v) is 2.73. The summed E-state index contributed by atoms with van der Waals surface area (Å²) in [5.74, 6) is -1.14. The zero-order valence-electron chi connectivity index (χ0n) is 8.11. The maximum Gasteiger partial charge on any atom is 0.320 e. The van der Waals surface area contributed by atoms with Crippen LogP contribution in [0.4, 0.5) is 4.39 Å². The smallest absolute Gasteiger partial charge is 0.320 e. The molecule has 0 spiro atoms. The van der Waals surface area contributed by atoms with Crippen molar-refractivity contribution >= 4 is 5.97 Å². The van der Waals surface area contributed by atoms with Gasteiger partial charge in [0.25, 0.3) is 0 Å². The van der Waals surface area contributed by atoms with Crippen molar-refractivity contribution < 1.29 is 14.3 Å². The summed E-state index contributed by atoms with van der Waals surface area (Å²) in [6, 6.07) is 5.75. The molecule has 0 aliphatic carbocycles. The summed E-state index contributed by atoms with van der Waals surface area (Å²) in [6.07, 6.45) is 1.21. The highest BCUT2D eigenvalue weighted by Gasteiger charge is 2.30. The highest BCUT2D eigenvalue weighted by molar-refractivity contribution is 5.73. The summed E-state index contributed by atoms with van der Waals surface area (Å²) in [4.78, 5) is 10.7. The molecule has 2 rings (SSSR count). The van der Waals surface area contributed by atoms with Crippen LogP contribution in [0.1, 0.15) is 24.4 Å². The highest BCUT2D eigenvalue weighted by atomic mass is 19.1. The second-order valence-corrected chi connectivity index (χ2v) is 3.71. The summed E-state index contributed by atoms with van der Waals surface area (Å²) in [7, 11) is 0. The number of carbonyl (C=O) groups is 1. The Morgan fingerprint density at radius 3 is 2.73 bits per heavy atom. The minimum Gasteiger partial charge on any atom is -0.480 e. The standard InChI is InChI=1S/C11H12FNO2/c12-8-4-2-1-3-7(8)9-5-6-10(13-9)11(14)15/h1-4,9-10,13H,5-6H2,(H,14,15). The van der Waals surface area contributed by atoms with Gasteiger partial charge < -0.3 is 5.11 Å². The average molecular weight is 209 g/mol. The quantitative estimate of drug-likeness (QED) is 0.779. The number of nitrogens with one attached hydrogen (secondary N) is 1. The molecular formula is C11H12FNO2.